The van der Waals surface area contributed by atoms with Crippen LogP contribution in [0.15, 0.2) is 133 Å². The zero-order valence-electron chi connectivity index (χ0n) is 27.9. The normalized spacial score (nSPS) is 16.2. The zero-order chi connectivity index (χ0) is 31.9. The molecule has 0 saturated heterocycles. The maximum absolute atomic E-state index is 2.63. The molecular formula is C48H44. The summed E-state index contributed by atoms with van der Waals surface area (Å²) in [7, 11) is 0. The lowest BCUT2D eigenvalue weighted by atomic mass is 9.77. The molecule has 0 nitrogen and oxygen atoms in total. The van der Waals surface area contributed by atoms with Crippen LogP contribution in [0.25, 0.3) is 65.7 Å². The molecule has 7 aromatic rings. The van der Waals surface area contributed by atoms with Crippen molar-refractivity contribution in [2.45, 2.75) is 76.0 Å². The third-order valence-corrected chi connectivity index (χ3v) is 11.6. The summed E-state index contributed by atoms with van der Waals surface area (Å²) in [5.41, 5.74) is 11.2. The minimum atomic E-state index is 0.689. The van der Waals surface area contributed by atoms with Crippen molar-refractivity contribution in [3.8, 4) is 33.4 Å². The van der Waals surface area contributed by atoms with Gasteiger partial charge in [-0.25, -0.2) is 0 Å². The van der Waals surface area contributed by atoms with Gasteiger partial charge in [-0.05, 0) is 120 Å². The molecule has 0 unspecified atom stereocenters. The van der Waals surface area contributed by atoms with E-state index >= 15 is 0 Å². The predicted octanol–water partition coefficient (Wildman–Crippen LogP) is 14.2. The van der Waals surface area contributed by atoms with Crippen LogP contribution in [-0.2, 0) is 0 Å². The molecule has 48 heavy (non-hydrogen) atoms. The molecule has 2 aliphatic carbocycles. The van der Waals surface area contributed by atoms with Gasteiger partial charge in [-0.3, -0.25) is 0 Å². The van der Waals surface area contributed by atoms with E-state index in [4.69, 9.17) is 0 Å². The molecular weight excluding hydrogens is 577 g/mol. The standard InChI is InChI=1S/C48H44/c1-4-15-33(16-5-1)38-29-39(34-17-6-2-7-18-34)31-40(30-38)48-44-24-12-10-22-42(44)47(43-23-11-13-25-45(43)48)37-28-27-36-21-14-26-41(46(36)32-37)35-19-8-3-9-20-35/h3,8-14,19-34H,1-2,4-7,15-18H2. The smallest absolute Gasteiger partial charge is 0.00261 e. The highest BCUT2D eigenvalue weighted by Gasteiger charge is 2.23. The molecule has 0 aromatic heterocycles. The van der Waals surface area contributed by atoms with Crippen LogP contribution in [-0.4, -0.2) is 0 Å². The minimum Gasteiger partial charge on any atom is -0.0622 e. The predicted molar refractivity (Wildman–Crippen MR) is 207 cm³/mol. The van der Waals surface area contributed by atoms with Crippen molar-refractivity contribution in [1.29, 1.82) is 0 Å². The van der Waals surface area contributed by atoms with E-state index in [0.717, 1.165) is 0 Å². The second-order valence-electron chi connectivity index (χ2n) is 14.5. The zero-order valence-corrected chi connectivity index (χ0v) is 27.9. The Balaban J connectivity index is 1.29. The number of fused-ring (bicyclic) bond motifs is 3. The molecule has 0 amide bonds. The first-order valence-corrected chi connectivity index (χ1v) is 18.5. The molecule has 0 atom stereocenters. The molecule has 0 aliphatic heterocycles. The van der Waals surface area contributed by atoms with Crippen LogP contribution < -0.4 is 0 Å². The maximum Gasteiger partial charge on any atom is -0.00261 e. The second kappa shape index (κ2) is 12.7. The molecule has 0 heteroatoms. The number of benzene rings is 7. The Morgan fingerprint density at radius 2 is 0.854 bits per heavy atom. The minimum absolute atomic E-state index is 0.689. The number of hydrogen-bond donors (Lipinski definition) is 0. The van der Waals surface area contributed by atoms with Gasteiger partial charge in [0.1, 0.15) is 0 Å². The Morgan fingerprint density at radius 3 is 1.42 bits per heavy atom. The summed E-state index contributed by atoms with van der Waals surface area (Å²) in [6.45, 7) is 0. The maximum atomic E-state index is 2.63. The molecule has 9 rings (SSSR count). The van der Waals surface area contributed by atoms with Gasteiger partial charge in [-0.2, -0.15) is 0 Å². The van der Waals surface area contributed by atoms with Crippen LogP contribution in [0.3, 0.4) is 0 Å². The Labute approximate surface area is 285 Å². The Morgan fingerprint density at radius 1 is 0.333 bits per heavy atom. The van der Waals surface area contributed by atoms with Gasteiger partial charge in [-0.1, -0.05) is 166 Å². The third kappa shape index (κ3) is 5.32. The van der Waals surface area contributed by atoms with E-state index in [2.05, 4.69) is 133 Å². The van der Waals surface area contributed by atoms with Gasteiger partial charge in [0.2, 0.25) is 0 Å². The molecule has 0 spiro atoms. The molecule has 0 bridgehead atoms. The van der Waals surface area contributed by atoms with E-state index in [1.54, 1.807) is 11.1 Å². The molecule has 2 aliphatic rings. The molecule has 7 aromatic carbocycles. The van der Waals surface area contributed by atoms with E-state index < -0.39 is 0 Å². The first-order chi connectivity index (χ1) is 23.8. The highest BCUT2D eigenvalue weighted by Crippen LogP contribution is 2.47. The molecule has 0 N–H and O–H groups in total. The fraction of sp³-hybridized carbons (Fsp3) is 0.250. The van der Waals surface area contributed by atoms with Crippen molar-refractivity contribution in [3.63, 3.8) is 0 Å². The highest BCUT2D eigenvalue weighted by molar-refractivity contribution is 6.22. The third-order valence-electron chi connectivity index (χ3n) is 11.6. The summed E-state index contributed by atoms with van der Waals surface area (Å²) in [5.74, 6) is 1.38. The van der Waals surface area contributed by atoms with Crippen molar-refractivity contribution in [2.24, 2.45) is 0 Å². The van der Waals surface area contributed by atoms with Gasteiger partial charge >= 0.3 is 0 Å². The number of rotatable bonds is 5. The Bertz CT molecular complexity index is 2150. The van der Waals surface area contributed by atoms with Crippen LogP contribution in [0.4, 0.5) is 0 Å². The largest absolute Gasteiger partial charge is 0.0622 e. The summed E-state index contributed by atoms with van der Waals surface area (Å²) in [6.07, 6.45) is 13.6. The topological polar surface area (TPSA) is 0 Å². The van der Waals surface area contributed by atoms with E-state index in [1.165, 1.54) is 130 Å². The fourth-order valence-electron chi connectivity index (χ4n) is 9.21. The lowest BCUT2D eigenvalue weighted by Crippen LogP contribution is -2.09. The molecule has 2 saturated carbocycles. The quantitative estimate of drug-likeness (QED) is 0.168. The summed E-state index contributed by atoms with van der Waals surface area (Å²) in [5, 5.41) is 7.97. The highest BCUT2D eigenvalue weighted by atomic mass is 14.3. The van der Waals surface area contributed by atoms with Gasteiger partial charge < -0.3 is 0 Å². The first kappa shape index (κ1) is 29.5. The SMILES string of the molecule is c1ccc(-c2cccc3ccc(-c4c5ccccc5c(-c5cc(C6CCCCC6)cc(C6CCCCC6)c5)c5ccccc45)cc23)cc1. The fourth-order valence-corrected chi connectivity index (χ4v) is 9.21. The summed E-state index contributed by atoms with van der Waals surface area (Å²) >= 11 is 0. The summed E-state index contributed by atoms with van der Waals surface area (Å²) in [4.78, 5) is 0. The van der Waals surface area contributed by atoms with Gasteiger partial charge in [0, 0.05) is 0 Å². The molecule has 236 valence electrons. The average molecular weight is 621 g/mol. The lowest BCUT2D eigenvalue weighted by molar-refractivity contribution is 0.435. The van der Waals surface area contributed by atoms with Crippen LogP contribution in [0.1, 0.15) is 87.2 Å². The van der Waals surface area contributed by atoms with Crippen LogP contribution in [0.5, 0.6) is 0 Å². The average Bonchev–Trinajstić information content (AvgIpc) is 3.17. The van der Waals surface area contributed by atoms with Crippen molar-refractivity contribution < 1.29 is 0 Å². The van der Waals surface area contributed by atoms with E-state index in [9.17, 15) is 0 Å². The van der Waals surface area contributed by atoms with Crippen molar-refractivity contribution in [3.05, 3.63) is 145 Å². The van der Waals surface area contributed by atoms with Gasteiger partial charge in [-0.15, -0.1) is 0 Å². The first-order valence-electron chi connectivity index (χ1n) is 18.5. The van der Waals surface area contributed by atoms with Crippen molar-refractivity contribution in [2.75, 3.05) is 0 Å². The van der Waals surface area contributed by atoms with Gasteiger partial charge in [0.25, 0.3) is 0 Å². The van der Waals surface area contributed by atoms with Crippen molar-refractivity contribution >= 4 is 32.3 Å². The molecule has 0 heterocycles. The lowest BCUT2D eigenvalue weighted by Gasteiger charge is -2.27. The second-order valence-corrected chi connectivity index (χ2v) is 14.5. The van der Waals surface area contributed by atoms with E-state index in [-0.39, 0.29) is 0 Å². The Hall–Kier alpha value is -4.68. The van der Waals surface area contributed by atoms with E-state index in [1.807, 2.05) is 0 Å². The molecule has 2 fully saturated rings. The van der Waals surface area contributed by atoms with E-state index in [0.29, 0.717) is 11.8 Å². The Kier molecular flexibility index (Phi) is 7.82. The summed E-state index contributed by atoms with van der Waals surface area (Å²) < 4.78 is 0. The van der Waals surface area contributed by atoms with Crippen molar-refractivity contribution in [1.82, 2.24) is 0 Å². The van der Waals surface area contributed by atoms with Gasteiger partial charge in [0.15, 0.2) is 0 Å². The monoisotopic (exact) mass is 620 g/mol. The van der Waals surface area contributed by atoms with Crippen LogP contribution >= 0.6 is 0 Å². The van der Waals surface area contributed by atoms with Crippen LogP contribution in [0, 0.1) is 0 Å². The molecule has 0 radical (unpaired) electrons. The number of hydrogen-bond acceptors (Lipinski definition) is 0. The van der Waals surface area contributed by atoms with Crippen LogP contribution in [0.2, 0.25) is 0 Å². The van der Waals surface area contributed by atoms with Gasteiger partial charge in [0.05, 0.1) is 0 Å². The summed E-state index contributed by atoms with van der Waals surface area (Å²) in [6, 6.07) is 50.9.